The molecule has 4 rings (SSSR count). The number of alkyl halides is 3. The maximum atomic E-state index is 14.2. The first kappa shape index (κ1) is 67.1. The summed E-state index contributed by atoms with van der Waals surface area (Å²) in [6, 6.07) is -0.966. The van der Waals surface area contributed by atoms with Crippen LogP contribution in [0.3, 0.4) is 0 Å². The number of aliphatic hydroxyl groups is 1. The molecule has 0 aliphatic carbocycles. The second-order valence-electron chi connectivity index (χ2n) is 21.5. The van der Waals surface area contributed by atoms with E-state index in [0.717, 1.165) is 6.07 Å². The van der Waals surface area contributed by atoms with E-state index in [1.165, 1.54) is 19.4 Å². The van der Waals surface area contributed by atoms with Crippen molar-refractivity contribution in [3.05, 3.63) is 89.4 Å². The SMILES string of the molecule is CC(C)C[C@H](NC(=O)C[C@H](O)[C@H](CC(C)C)NC(=O)[C@H](Cc1cncn1C)NC(=O)CNC(=O)[C@@H](NC(=O)[C@H](C)NC(=O)[C@H](Cc1c[nH]c2ccccc12)NC(=O)[C@H](CCC(N)=O)NC(=O)c1ccc([19F])c(C(F)(F)F)c1)C(C)C)C(N)=O. The lowest BCUT2D eigenvalue weighted by molar-refractivity contribution is -0.140. The zero-order valence-electron chi connectivity index (χ0n) is 47.4. The summed E-state index contributed by atoms with van der Waals surface area (Å²) in [5, 5.41) is 32.0. The number of rotatable bonds is 31. The van der Waals surface area contributed by atoms with Gasteiger partial charge < -0.3 is 68.7 Å². The number of aryl methyl sites for hydroxylation is 1. The van der Waals surface area contributed by atoms with Crippen molar-refractivity contribution < 1.29 is 70.6 Å². The van der Waals surface area contributed by atoms with Gasteiger partial charge in [0.05, 0.1) is 37.0 Å². The van der Waals surface area contributed by atoms with Crippen molar-refractivity contribution in [2.45, 2.75) is 148 Å². The number of halogens is 4. The van der Waals surface area contributed by atoms with E-state index in [9.17, 15) is 70.6 Å². The summed E-state index contributed by atoms with van der Waals surface area (Å²) in [7, 11) is 1.66. The van der Waals surface area contributed by atoms with Gasteiger partial charge in [0.25, 0.3) is 5.91 Å². The second kappa shape index (κ2) is 30.6. The van der Waals surface area contributed by atoms with Crippen LogP contribution in [0.25, 0.3) is 10.9 Å². The zero-order chi connectivity index (χ0) is 62.0. The number of primary amides is 2. The van der Waals surface area contributed by atoms with E-state index in [0.29, 0.717) is 28.2 Å². The molecule has 2 aromatic carbocycles. The average molecular weight is 1170 g/mol. The van der Waals surface area contributed by atoms with Crippen LogP contribution in [0.1, 0.15) is 108 Å². The molecule has 0 saturated heterocycles. The first-order valence-corrected chi connectivity index (χ1v) is 26.9. The number of aromatic nitrogens is 3. The fraction of sp³-hybridized carbons (Fsp3) is 0.509. The molecule has 8 atom stereocenters. The number of aromatic amines is 1. The molecular weight excluding hydrogens is 1090 g/mol. The number of nitrogens with zero attached hydrogens (tertiary/aromatic N) is 2. The molecule has 0 unspecified atom stereocenters. The van der Waals surface area contributed by atoms with Crippen molar-refractivity contribution in [2.75, 3.05) is 6.54 Å². The number of hydrogen-bond acceptors (Lipinski definition) is 12. The smallest absolute Gasteiger partial charge is 0.390 e. The molecule has 2 heterocycles. The molecule has 28 heteroatoms. The van der Waals surface area contributed by atoms with E-state index >= 15 is 0 Å². The fourth-order valence-corrected chi connectivity index (χ4v) is 8.80. The molecule has 10 amide bonds. The second-order valence-corrected chi connectivity index (χ2v) is 21.5. The minimum Gasteiger partial charge on any atom is -0.390 e. The Balaban J connectivity index is 1.48. The third kappa shape index (κ3) is 20.8. The van der Waals surface area contributed by atoms with Crippen molar-refractivity contribution in [1.29, 1.82) is 0 Å². The number of imidazole rings is 1. The van der Waals surface area contributed by atoms with Crippen LogP contribution < -0.4 is 54.0 Å². The van der Waals surface area contributed by atoms with Crippen LogP contribution in [-0.4, -0.2) is 134 Å². The summed E-state index contributed by atoms with van der Waals surface area (Å²) in [5.74, 6) is -11.4. The molecule has 0 aliphatic heterocycles. The van der Waals surface area contributed by atoms with Crippen molar-refractivity contribution in [3.8, 4) is 0 Å². The Hall–Kier alpha value is -8.43. The zero-order valence-corrected chi connectivity index (χ0v) is 47.4. The lowest BCUT2D eigenvalue weighted by Gasteiger charge is -2.28. The van der Waals surface area contributed by atoms with Crippen LogP contribution in [0.4, 0.5) is 17.6 Å². The van der Waals surface area contributed by atoms with Gasteiger partial charge in [0.2, 0.25) is 53.2 Å². The number of benzene rings is 2. The maximum absolute atomic E-state index is 14.2. The molecule has 83 heavy (non-hydrogen) atoms. The lowest BCUT2D eigenvalue weighted by Crippen LogP contribution is -2.59. The highest BCUT2D eigenvalue weighted by molar-refractivity contribution is 6.00. The van der Waals surface area contributed by atoms with Gasteiger partial charge in [0.15, 0.2) is 0 Å². The fourth-order valence-electron chi connectivity index (χ4n) is 8.80. The molecule has 0 radical (unpaired) electrons. The average Bonchev–Trinajstić information content (AvgIpc) is 4.02. The molecule has 0 saturated carbocycles. The van der Waals surface area contributed by atoms with E-state index in [4.69, 9.17) is 11.5 Å². The number of hydrogen-bond donors (Lipinski definition) is 12. The van der Waals surface area contributed by atoms with Gasteiger partial charge in [-0.25, -0.2) is 9.37 Å². The first-order valence-electron chi connectivity index (χ1n) is 26.9. The van der Waals surface area contributed by atoms with E-state index in [1.54, 1.807) is 55.9 Å². The number of para-hydroxylation sites is 1. The van der Waals surface area contributed by atoms with Crippen LogP contribution in [0.5, 0.6) is 0 Å². The van der Waals surface area contributed by atoms with Gasteiger partial charge in [-0.1, -0.05) is 59.7 Å². The third-order valence-electron chi connectivity index (χ3n) is 13.3. The number of nitrogens with two attached hydrogens (primary N) is 2. The van der Waals surface area contributed by atoms with Crippen LogP contribution in [0, 0.1) is 23.6 Å². The lowest BCUT2D eigenvalue weighted by atomic mass is 9.96. The van der Waals surface area contributed by atoms with Gasteiger partial charge in [0, 0.05) is 60.9 Å². The maximum Gasteiger partial charge on any atom is 0.419 e. The summed E-state index contributed by atoms with van der Waals surface area (Å²) in [4.78, 5) is 141. The minimum atomic E-state index is -5.18. The Labute approximate surface area is 476 Å². The number of H-pyrrole nitrogens is 1. The van der Waals surface area contributed by atoms with Gasteiger partial charge in [-0.3, -0.25) is 47.9 Å². The van der Waals surface area contributed by atoms with Crippen LogP contribution >= 0.6 is 0 Å². The number of aliphatic hydroxyl groups excluding tert-OH is 1. The van der Waals surface area contributed by atoms with Crippen molar-refractivity contribution >= 4 is 70.0 Å². The first-order chi connectivity index (χ1) is 38.8. The molecule has 24 nitrogen and oxygen atoms in total. The van der Waals surface area contributed by atoms with E-state index in [2.05, 4.69) is 52.5 Å². The monoisotopic (exact) mass is 1170 g/mol. The molecule has 4 aromatic rings. The standard InChI is InChI=1S/C55H75F4N13O11/c1-27(2)17-39(43(73)22-45(75)66-40(48(61)77)18-28(3)4)69-53(82)42(21-33-24-62-26-72(33)8)67-46(76)25-64-54(83)47(29(5)6)71-49(78)30(7)65-52(81)41(20-32-23-63-37-12-10-9-11-34(32)37)70-51(80)38(15-16-44(60)74)68-50(79)31-13-14-36(56)35(19-31)55(57,58)59/h9-14,19,23-24,26-30,38-43,47,63,73H,15-18,20-22,25H2,1-8H3,(H2,60,74)(H2,61,77)(H,64,83)(H,65,81)(H,66,75)(H,67,76)(H,68,79)(H,69,82)(H,70,80)(H,71,78)/t30-,38-,39-,40-,41-,42-,43-,47-/m0/s1/i56+0. The highest BCUT2D eigenvalue weighted by atomic mass is 19.4. The van der Waals surface area contributed by atoms with Crippen LogP contribution in [0.15, 0.2) is 61.2 Å². The summed E-state index contributed by atoms with van der Waals surface area (Å²) < 4.78 is 56.3. The topological polar surface area (TPSA) is 373 Å². The summed E-state index contributed by atoms with van der Waals surface area (Å²) in [6.07, 6.45) is -3.50. The Bertz CT molecular complexity index is 2960. The molecule has 0 aliphatic rings. The molecular formula is C55H75F4N13O11. The van der Waals surface area contributed by atoms with Crippen molar-refractivity contribution in [2.24, 2.45) is 36.3 Å². The highest BCUT2D eigenvalue weighted by Crippen LogP contribution is 2.32. The molecule has 0 bridgehead atoms. The summed E-state index contributed by atoms with van der Waals surface area (Å²) >= 11 is 0. The van der Waals surface area contributed by atoms with Gasteiger partial charge in [-0.15, -0.1) is 0 Å². The highest BCUT2D eigenvalue weighted by Gasteiger charge is 2.37. The Kier molecular flexibility index (Phi) is 24.7. The predicted octanol–water partition coefficient (Wildman–Crippen LogP) is 0.938. The minimum absolute atomic E-state index is 0.0130. The number of nitrogens with one attached hydrogen (secondary N) is 9. The normalized spacial score (nSPS) is 14.5. The Morgan fingerprint density at radius 2 is 1.34 bits per heavy atom. The van der Waals surface area contributed by atoms with E-state index in [1.807, 2.05) is 27.7 Å². The molecule has 14 N–H and O–H groups in total. The Morgan fingerprint density at radius 3 is 1.94 bits per heavy atom. The van der Waals surface area contributed by atoms with Crippen molar-refractivity contribution in [1.82, 2.24) is 57.1 Å². The predicted molar refractivity (Wildman–Crippen MR) is 294 cm³/mol. The van der Waals surface area contributed by atoms with Crippen LogP contribution in [0.2, 0.25) is 0 Å². The number of fused-ring (bicyclic) bond motifs is 1. The number of carbonyl (C=O) groups excluding carboxylic acids is 10. The summed E-state index contributed by atoms with van der Waals surface area (Å²) in [5.41, 5.74) is 10.0. The van der Waals surface area contributed by atoms with Gasteiger partial charge in [-0.2, -0.15) is 13.2 Å². The number of carbonyl (C=O) groups is 10. The molecule has 454 valence electrons. The van der Waals surface area contributed by atoms with Gasteiger partial charge in [0.1, 0.15) is 42.1 Å². The molecule has 0 fully saturated rings. The largest absolute Gasteiger partial charge is 0.419 e. The molecule has 0 spiro atoms. The van der Waals surface area contributed by atoms with E-state index in [-0.39, 0.29) is 43.6 Å². The van der Waals surface area contributed by atoms with Crippen molar-refractivity contribution in [3.63, 3.8) is 0 Å². The number of amides is 10. The Morgan fingerprint density at radius 1 is 0.711 bits per heavy atom. The van der Waals surface area contributed by atoms with Crippen LogP contribution in [-0.2, 0) is 69.2 Å². The van der Waals surface area contributed by atoms with Gasteiger partial charge in [-0.05, 0) is 73.8 Å². The summed E-state index contributed by atoms with van der Waals surface area (Å²) in [6.45, 7) is 11.1. The third-order valence-corrected chi connectivity index (χ3v) is 13.3. The molecule has 2 aromatic heterocycles. The van der Waals surface area contributed by atoms with E-state index < -0.39 is 162 Å². The van der Waals surface area contributed by atoms with Gasteiger partial charge >= 0.3 is 6.18 Å². The quantitative estimate of drug-likeness (QED) is 0.0314.